The smallest absolute Gasteiger partial charge is 0.380 e. The fraction of sp³-hybridized carbons (Fsp3) is 0.510. The van der Waals surface area contributed by atoms with Crippen molar-refractivity contribution in [2.45, 2.75) is 97.6 Å². The van der Waals surface area contributed by atoms with Crippen LogP contribution in [0.25, 0.3) is 5.57 Å². The summed E-state index contributed by atoms with van der Waals surface area (Å²) in [5.74, 6) is -0.374. The first kappa shape index (κ1) is 50.1. The van der Waals surface area contributed by atoms with Crippen LogP contribution in [0.5, 0.6) is 0 Å². The number of anilines is 2. The molecule has 2 N–H and O–H groups in total. The first-order chi connectivity index (χ1) is 33.1. The van der Waals surface area contributed by atoms with Gasteiger partial charge in [0.25, 0.3) is 19.9 Å². The van der Waals surface area contributed by atoms with Gasteiger partial charge in [-0.2, -0.15) is 13.2 Å². The zero-order chi connectivity index (χ0) is 50.1. The summed E-state index contributed by atoms with van der Waals surface area (Å²) in [5.41, 5.74) is -0.984. The van der Waals surface area contributed by atoms with Gasteiger partial charge in [-0.1, -0.05) is 55.3 Å². The quantitative estimate of drug-likeness (QED) is 0.0821. The first-order valence-electron chi connectivity index (χ1n) is 23.9. The molecule has 12 nitrogen and oxygen atoms in total. The van der Waals surface area contributed by atoms with Gasteiger partial charge in [0.2, 0.25) is 0 Å². The van der Waals surface area contributed by atoms with Crippen LogP contribution in [0.3, 0.4) is 0 Å². The molecule has 2 saturated heterocycles. The molecule has 8 rings (SSSR count). The minimum atomic E-state index is -6.09. The van der Waals surface area contributed by atoms with Crippen LogP contribution in [-0.2, 0) is 32.8 Å². The number of aromatic nitrogens is 2. The molecule has 0 amide bonds. The molecule has 4 heterocycles. The van der Waals surface area contributed by atoms with Crippen molar-refractivity contribution >= 4 is 60.3 Å². The number of hydrogen-bond donors (Lipinski definition) is 2. The molecule has 1 atom stereocenters. The van der Waals surface area contributed by atoms with E-state index < -0.39 is 58.7 Å². The normalized spacial score (nSPS) is 20.6. The lowest BCUT2D eigenvalue weighted by atomic mass is 9.72. The Hall–Kier alpha value is -3.82. The fourth-order valence-electron chi connectivity index (χ4n) is 9.63. The van der Waals surface area contributed by atoms with Crippen LogP contribution in [0.15, 0.2) is 93.3 Å². The van der Waals surface area contributed by atoms with E-state index in [4.69, 9.17) is 11.6 Å². The summed E-state index contributed by atoms with van der Waals surface area (Å²) in [6.07, 6.45) is 6.15. The second kappa shape index (κ2) is 21.5. The molecule has 69 heavy (non-hydrogen) atoms. The molecule has 4 aliphatic rings. The number of piperazine rings is 1. The second-order valence-electron chi connectivity index (χ2n) is 19.3. The third-order valence-electron chi connectivity index (χ3n) is 13.8. The zero-order valence-corrected chi connectivity index (χ0v) is 42.4. The van der Waals surface area contributed by atoms with Crippen molar-refractivity contribution in [2.24, 2.45) is 5.41 Å². The Morgan fingerprint density at radius 1 is 0.928 bits per heavy atom. The van der Waals surface area contributed by atoms with E-state index in [9.17, 15) is 35.8 Å². The van der Waals surface area contributed by atoms with Crippen molar-refractivity contribution in [1.82, 2.24) is 29.6 Å². The van der Waals surface area contributed by atoms with Crippen molar-refractivity contribution in [1.29, 1.82) is 0 Å². The van der Waals surface area contributed by atoms with Crippen LogP contribution < -0.4 is 10.0 Å². The monoisotopic (exact) mass is 1030 g/mol. The van der Waals surface area contributed by atoms with Crippen molar-refractivity contribution in [3.63, 3.8) is 0 Å². The molecule has 0 radical (unpaired) electrons. The number of halogens is 5. The lowest BCUT2D eigenvalue weighted by molar-refractivity contribution is -0.0435. The second-order valence-corrected chi connectivity index (χ2v) is 24.4. The number of fused-ring (bicyclic) bond motifs is 1. The molecule has 1 aromatic heterocycles. The molecule has 0 bridgehead atoms. The maximum absolute atomic E-state index is 14.6. The van der Waals surface area contributed by atoms with Gasteiger partial charge in [0.1, 0.15) is 22.9 Å². The highest BCUT2D eigenvalue weighted by Crippen LogP contribution is 2.44. The Morgan fingerprint density at radius 2 is 1.65 bits per heavy atom. The Bertz CT molecular complexity index is 2770. The van der Waals surface area contributed by atoms with Gasteiger partial charge in [0.05, 0.1) is 16.3 Å². The molecule has 374 valence electrons. The maximum Gasteiger partial charge on any atom is 0.501 e. The Labute approximate surface area is 414 Å². The highest BCUT2D eigenvalue weighted by atomic mass is 35.5. The minimum Gasteiger partial charge on any atom is -0.380 e. The average Bonchev–Trinajstić information content (AvgIpc) is 3.32. The molecular weight excluding hydrogens is 972 g/mol. The molecule has 1 aliphatic carbocycles. The number of nitrogens with zero attached hydrogens (tertiary/aromatic N) is 6. The zero-order valence-electron chi connectivity index (χ0n) is 40.2. The van der Waals surface area contributed by atoms with Gasteiger partial charge in [-0.25, -0.2) is 31.2 Å². The summed E-state index contributed by atoms with van der Waals surface area (Å²) >= 11 is 7.37. The number of nitrogens with one attached hydrogen (secondary N) is 2. The molecule has 0 spiro atoms. The van der Waals surface area contributed by atoms with Gasteiger partial charge in [0, 0.05) is 87.0 Å². The predicted molar refractivity (Wildman–Crippen MR) is 265 cm³/mol. The largest absolute Gasteiger partial charge is 0.501 e. The highest BCUT2D eigenvalue weighted by molar-refractivity contribution is 7.99. The summed E-state index contributed by atoms with van der Waals surface area (Å²) in [6.45, 7) is 11.3. The van der Waals surface area contributed by atoms with Crippen LogP contribution in [0, 0.1) is 11.2 Å². The molecule has 3 aliphatic heterocycles. The fourth-order valence-corrected chi connectivity index (χ4v) is 12.9. The Morgan fingerprint density at radius 3 is 2.36 bits per heavy atom. The summed E-state index contributed by atoms with van der Waals surface area (Å²) in [7, 11) is -8.79. The molecule has 3 aromatic carbocycles. The average molecular weight is 1030 g/mol. The number of sulfonamides is 1. The number of likely N-dealkylation sites (N-methyl/N-ethyl adjacent to an activating group) is 1. The number of piperidine rings is 1. The summed E-state index contributed by atoms with van der Waals surface area (Å²) < 4.78 is 124. The van der Waals surface area contributed by atoms with Gasteiger partial charge in [-0.15, -0.1) is 11.8 Å². The van der Waals surface area contributed by atoms with E-state index in [1.54, 1.807) is 18.2 Å². The standard InChI is InChI=1S/C49H61ClF4N8O4S3/c1-48(2)19-14-35(41(29-48)34-8-10-36(50)11-9-34)30-61-21-16-38(17-22-61)62-23-18-40-44(31-62)55-33-56-47(40)58-69(65,66)39-12-13-43(46(28-39)68(63,64)49(52,53)54)57-37(15-20-60-26-24-59(3)25-27-60)32-67-45-7-5-4-6-42(45)51/h4-13,28,33,37-38,57H,14-27,29-32H2,1-3H3,(H,55,56,58)/i38D. The van der Waals surface area contributed by atoms with Gasteiger partial charge >= 0.3 is 5.51 Å². The minimum absolute atomic E-state index is 0.0736. The van der Waals surface area contributed by atoms with Crippen LogP contribution in [0.1, 0.15) is 70.6 Å². The summed E-state index contributed by atoms with van der Waals surface area (Å²) in [6, 6.07) is 15.2. The van der Waals surface area contributed by atoms with Gasteiger partial charge in [-0.3, -0.25) is 14.5 Å². The van der Waals surface area contributed by atoms with Crippen LogP contribution in [-0.4, -0.2) is 136 Å². The topological polar surface area (TPSA) is 131 Å². The van der Waals surface area contributed by atoms with E-state index in [1.807, 2.05) is 19.2 Å². The number of benzene rings is 3. The molecular formula is C49H61ClF4N8O4S3. The van der Waals surface area contributed by atoms with E-state index in [0.29, 0.717) is 66.0 Å². The van der Waals surface area contributed by atoms with E-state index in [0.717, 1.165) is 89.0 Å². The number of hydrogen-bond acceptors (Lipinski definition) is 12. The van der Waals surface area contributed by atoms with Crippen molar-refractivity contribution in [3.05, 3.63) is 106 Å². The van der Waals surface area contributed by atoms with Crippen LogP contribution in [0.2, 0.25) is 5.02 Å². The van der Waals surface area contributed by atoms with E-state index in [2.05, 4.69) is 65.6 Å². The van der Waals surface area contributed by atoms with Crippen molar-refractivity contribution < 1.29 is 35.8 Å². The van der Waals surface area contributed by atoms with Crippen LogP contribution >= 0.6 is 23.4 Å². The van der Waals surface area contributed by atoms with Crippen molar-refractivity contribution in [2.75, 3.05) is 81.7 Å². The number of allylic oxidation sites excluding steroid dienone is 1. The van der Waals surface area contributed by atoms with E-state index in [1.165, 1.54) is 29.1 Å². The van der Waals surface area contributed by atoms with Gasteiger partial charge < -0.3 is 15.1 Å². The van der Waals surface area contributed by atoms with Crippen LogP contribution in [0.4, 0.5) is 29.1 Å². The number of likely N-dealkylation sites (tertiary alicyclic amines) is 1. The first-order valence-corrected chi connectivity index (χ1v) is 27.7. The lowest BCUT2D eigenvalue weighted by Crippen LogP contribution is -2.47. The summed E-state index contributed by atoms with van der Waals surface area (Å²) in [4.78, 5) is 15.9. The number of thioether (sulfide) groups is 1. The van der Waals surface area contributed by atoms with Gasteiger partial charge in [-0.05, 0) is 124 Å². The van der Waals surface area contributed by atoms with Gasteiger partial charge in [0.15, 0.2) is 0 Å². The molecule has 1 unspecified atom stereocenters. The maximum atomic E-state index is 14.6. The SMILES string of the molecule is [2H]C1(N2CCc3c(ncnc3NS(=O)(=O)c3ccc(NC(CCN4CCN(C)CC4)CSc4ccccc4F)c(S(=O)(=O)C(F)(F)F)c3)C2)CCN(CC2=C(c3ccc(Cl)cc3)CC(C)(C)CC2)CC1. The molecule has 20 heteroatoms. The molecule has 4 aromatic rings. The van der Waals surface area contributed by atoms with E-state index in [-0.39, 0.29) is 23.5 Å². The van der Waals surface area contributed by atoms with Crippen molar-refractivity contribution in [3.8, 4) is 0 Å². The third-order valence-corrected chi connectivity index (χ3v) is 18.1. The predicted octanol–water partition coefficient (Wildman–Crippen LogP) is 9.06. The number of rotatable bonds is 16. The highest BCUT2D eigenvalue weighted by Gasteiger charge is 2.48. The Kier molecular flexibility index (Phi) is 15.6. The molecule has 0 saturated carbocycles. The lowest BCUT2D eigenvalue weighted by Gasteiger charge is -2.41. The Balaban J connectivity index is 0.969. The summed E-state index contributed by atoms with van der Waals surface area (Å²) in [5, 5.41) is 3.68. The number of alkyl halides is 3. The molecule has 2 fully saturated rings. The third kappa shape index (κ3) is 12.6. The number of sulfone groups is 1. The van der Waals surface area contributed by atoms with E-state index >= 15 is 0 Å².